The molecule has 4 atom stereocenters. The van der Waals surface area contributed by atoms with Crippen molar-refractivity contribution in [3.63, 3.8) is 0 Å². The number of ether oxygens (including phenoxy) is 1. The lowest BCUT2D eigenvalue weighted by Gasteiger charge is -2.37. The van der Waals surface area contributed by atoms with Gasteiger partial charge in [-0.1, -0.05) is 24.8 Å². The number of aliphatic hydroxyl groups is 2. The van der Waals surface area contributed by atoms with Gasteiger partial charge in [-0.2, -0.15) is 0 Å². The highest BCUT2D eigenvalue weighted by Crippen LogP contribution is 2.27. The van der Waals surface area contributed by atoms with Crippen LogP contribution in [0.4, 0.5) is 0 Å². The predicted molar refractivity (Wildman–Crippen MR) is 125 cm³/mol. The van der Waals surface area contributed by atoms with E-state index in [9.17, 15) is 15.0 Å². The van der Waals surface area contributed by atoms with Gasteiger partial charge in [0.15, 0.2) is 0 Å². The fourth-order valence-corrected chi connectivity index (χ4v) is 3.72. The Balaban J connectivity index is 1.91. The summed E-state index contributed by atoms with van der Waals surface area (Å²) in [5.41, 5.74) is 1.78. The van der Waals surface area contributed by atoms with E-state index in [1.807, 2.05) is 39.1 Å². The molecule has 0 radical (unpaired) electrons. The third-order valence-corrected chi connectivity index (χ3v) is 5.60. The first-order valence-corrected chi connectivity index (χ1v) is 11.1. The first kappa shape index (κ1) is 24.6. The molecule has 1 aliphatic heterocycles. The zero-order valence-corrected chi connectivity index (χ0v) is 19.6. The number of hydrogen-bond acceptors (Lipinski definition) is 7. The van der Waals surface area contributed by atoms with Crippen LogP contribution in [-0.2, 0) is 6.54 Å². The van der Waals surface area contributed by atoms with Gasteiger partial charge in [0, 0.05) is 43.5 Å². The Kier molecular flexibility index (Phi) is 8.39. The van der Waals surface area contributed by atoms with Crippen LogP contribution in [0.25, 0.3) is 0 Å². The van der Waals surface area contributed by atoms with Crippen molar-refractivity contribution in [2.45, 2.75) is 45.6 Å². The molecule has 0 spiro atoms. The number of pyridine rings is 2. The number of carbonyl (C=O) groups is 1. The first-order valence-electron chi connectivity index (χ1n) is 11.1. The Morgan fingerprint density at radius 1 is 1.33 bits per heavy atom. The van der Waals surface area contributed by atoms with Crippen molar-refractivity contribution in [2.24, 2.45) is 5.92 Å². The van der Waals surface area contributed by atoms with Gasteiger partial charge in [0.25, 0.3) is 5.91 Å². The lowest BCUT2D eigenvalue weighted by Crippen LogP contribution is -2.49. The van der Waals surface area contributed by atoms with E-state index in [4.69, 9.17) is 4.74 Å². The van der Waals surface area contributed by atoms with Gasteiger partial charge in [0.1, 0.15) is 17.8 Å². The molecule has 3 heterocycles. The van der Waals surface area contributed by atoms with E-state index in [2.05, 4.69) is 26.7 Å². The molecule has 2 aromatic heterocycles. The molecule has 1 aliphatic rings. The number of aromatic nitrogens is 2. The molecule has 0 aromatic carbocycles. The average Bonchev–Trinajstić information content (AvgIpc) is 2.80. The number of rotatable bonds is 6. The highest BCUT2D eigenvalue weighted by Gasteiger charge is 2.34. The van der Waals surface area contributed by atoms with Crippen molar-refractivity contribution in [1.82, 2.24) is 19.8 Å². The van der Waals surface area contributed by atoms with Crippen LogP contribution in [0.2, 0.25) is 0 Å². The van der Waals surface area contributed by atoms with Gasteiger partial charge in [-0.05, 0) is 39.1 Å². The van der Waals surface area contributed by atoms with Crippen LogP contribution >= 0.6 is 0 Å². The topological polar surface area (TPSA) is 99.0 Å². The van der Waals surface area contributed by atoms with Crippen LogP contribution < -0.4 is 4.74 Å². The summed E-state index contributed by atoms with van der Waals surface area (Å²) < 4.78 is 6.29. The SMILES string of the molecule is C[C@H](O)C#Cc1cnc2c(c1)C(=O)N([C@@H](C)CO)C[C@@H](C)[C@H](CN(C)Cc1ccccn1)O2. The highest BCUT2D eigenvalue weighted by molar-refractivity contribution is 5.97. The number of aliphatic hydroxyl groups excluding tert-OH is 2. The first-order chi connectivity index (χ1) is 15.8. The van der Waals surface area contributed by atoms with E-state index < -0.39 is 6.10 Å². The molecule has 8 nitrogen and oxygen atoms in total. The standard InChI is InChI=1S/C25H32N4O4/c1-17-13-29(18(2)16-30)25(32)22-11-20(9-8-19(3)31)12-27-24(22)33-23(17)15-28(4)14-21-7-5-6-10-26-21/h5-7,10-12,17-19,23,30-31H,13-16H2,1-4H3/t17-,18+,19+,23+/m1/s1. The molecule has 0 saturated carbocycles. The Morgan fingerprint density at radius 2 is 2.12 bits per heavy atom. The van der Waals surface area contributed by atoms with Gasteiger partial charge in [-0.15, -0.1) is 0 Å². The maximum atomic E-state index is 13.4. The Morgan fingerprint density at radius 3 is 2.79 bits per heavy atom. The number of fused-ring (bicyclic) bond motifs is 1. The molecular weight excluding hydrogens is 420 g/mol. The van der Waals surface area contributed by atoms with Crippen molar-refractivity contribution in [1.29, 1.82) is 0 Å². The van der Waals surface area contributed by atoms with Crippen molar-refractivity contribution < 1.29 is 19.7 Å². The summed E-state index contributed by atoms with van der Waals surface area (Å²) in [7, 11) is 2.01. The minimum Gasteiger partial charge on any atom is -0.472 e. The van der Waals surface area contributed by atoms with Gasteiger partial charge in [0.05, 0.1) is 18.3 Å². The number of hydrogen-bond donors (Lipinski definition) is 2. The molecule has 33 heavy (non-hydrogen) atoms. The summed E-state index contributed by atoms with van der Waals surface area (Å²) in [5, 5.41) is 19.2. The smallest absolute Gasteiger partial charge is 0.259 e. The molecule has 0 fully saturated rings. The van der Waals surface area contributed by atoms with Crippen LogP contribution in [0.1, 0.15) is 42.4 Å². The van der Waals surface area contributed by atoms with Crippen molar-refractivity contribution >= 4 is 5.91 Å². The maximum absolute atomic E-state index is 13.4. The van der Waals surface area contributed by atoms with Crippen molar-refractivity contribution in [3.8, 4) is 17.7 Å². The third kappa shape index (κ3) is 6.51. The molecule has 2 N–H and O–H groups in total. The van der Waals surface area contributed by atoms with E-state index >= 15 is 0 Å². The number of nitrogens with zero attached hydrogens (tertiary/aromatic N) is 4. The molecule has 0 unspecified atom stereocenters. The predicted octanol–water partition coefficient (Wildman–Crippen LogP) is 1.56. The van der Waals surface area contributed by atoms with E-state index in [1.54, 1.807) is 30.3 Å². The van der Waals surface area contributed by atoms with Gasteiger partial charge in [0.2, 0.25) is 5.88 Å². The summed E-state index contributed by atoms with van der Waals surface area (Å²) in [4.78, 5) is 26.0. The molecule has 8 heteroatoms. The third-order valence-electron chi connectivity index (χ3n) is 5.60. The van der Waals surface area contributed by atoms with Crippen molar-refractivity contribution in [3.05, 3.63) is 53.5 Å². The molecule has 176 valence electrons. The van der Waals surface area contributed by atoms with Gasteiger partial charge >= 0.3 is 0 Å². The molecule has 1 amide bonds. The summed E-state index contributed by atoms with van der Waals surface area (Å²) >= 11 is 0. The summed E-state index contributed by atoms with van der Waals surface area (Å²) in [6, 6.07) is 7.12. The molecule has 0 bridgehead atoms. The van der Waals surface area contributed by atoms with Crippen LogP contribution in [0.5, 0.6) is 5.88 Å². The van der Waals surface area contributed by atoms with Gasteiger partial charge in [-0.25, -0.2) is 4.98 Å². The number of amides is 1. The van der Waals surface area contributed by atoms with Gasteiger partial charge in [-0.3, -0.25) is 14.7 Å². The van der Waals surface area contributed by atoms with E-state index in [0.717, 1.165) is 5.69 Å². The van der Waals surface area contributed by atoms with Crippen LogP contribution in [0.3, 0.4) is 0 Å². The molecular formula is C25H32N4O4. The number of likely N-dealkylation sites (N-methyl/N-ethyl adjacent to an activating group) is 1. The number of carbonyl (C=O) groups excluding carboxylic acids is 1. The van der Waals surface area contributed by atoms with Crippen LogP contribution in [0, 0.1) is 17.8 Å². The van der Waals surface area contributed by atoms with E-state index in [0.29, 0.717) is 30.8 Å². The molecule has 0 aliphatic carbocycles. The lowest BCUT2D eigenvalue weighted by molar-refractivity contribution is 0.0324. The zero-order valence-electron chi connectivity index (χ0n) is 19.6. The minimum absolute atomic E-state index is 0.00112. The average molecular weight is 453 g/mol. The van der Waals surface area contributed by atoms with E-state index in [-0.39, 0.29) is 36.5 Å². The van der Waals surface area contributed by atoms with Gasteiger partial charge < -0.3 is 19.8 Å². The quantitative estimate of drug-likeness (QED) is 0.642. The highest BCUT2D eigenvalue weighted by atomic mass is 16.5. The zero-order chi connectivity index (χ0) is 24.0. The second-order valence-electron chi connectivity index (χ2n) is 8.66. The molecule has 3 rings (SSSR count). The molecule has 0 saturated heterocycles. The lowest BCUT2D eigenvalue weighted by atomic mass is 10.00. The summed E-state index contributed by atoms with van der Waals surface area (Å²) in [6.45, 7) is 6.99. The Bertz CT molecular complexity index is 1000. The Hall–Kier alpha value is -2.99. The van der Waals surface area contributed by atoms with E-state index in [1.165, 1.54) is 0 Å². The van der Waals surface area contributed by atoms with Crippen LogP contribution in [-0.4, -0.2) is 80.9 Å². The normalized spacial score (nSPS) is 20.1. The van der Waals surface area contributed by atoms with Crippen LogP contribution in [0.15, 0.2) is 36.7 Å². The summed E-state index contributed by atoms with van der Waals surface area (Å²) in [5.74, 6) is 5.50. The largest absolute Gasteiger partial charge is 0.472 e. The Labute approximate surface area is 195 Å². The second kappa shape index (κ2) is 11.2. The summed E-state index contributed by atoms with van der Waals surface area (Å²) in [6.07, 6.45) is 2.30. The maximum Gasteiger partial charge on any atom is 0.259 e. The monoisotopic (exact) mass is 452 g/mol. The fraction of sp³-hybridized carbons (Fsp3) is 0.480. The second-order valence-corrected chi connectivity index (χ2v) is 8.66. The van der Waals surface area contributed by atoms with Crippen molar-refractivity contribution in [2.75, 3.05) is 26.7 Å². The fourth-order valence-electron chi connectivity index (χ4n) is 3.72. The molecule has 2 aromatic rings. The minimum atomic E-state index is -0.787.